The quantitative estimate of drug-likeness (QED) is 0.533. The van der Waals surface area contributed by atoms with E-state index in [9.17, 15) is 14.4 Å². The zero-order chi connectivity index (χ0) is 19.0. The van der Waals surface area contributed by atoms with Gasteiger partial charge in [-0.25, -0.2) is 0 Å². The Morgan fingerprint density at radius 1 is 1.08 bits per heavy atom. The van der Waals surface area contributed by atoms with Crippen molar-refractivity contribution < 1.29 is 14.4 Å². The summed E-state index contributed by atoms with van der Waals surface area (Å²) in [4.78, 5) is 35.8. The van der Waals surface area contributed by atoms with E-state index in [1.54, 1.807) is 0 Å². The van der Waals surface area contributed by atoms with Gasteiger partial charge < -0.3 is 21.7 Å². The minimum absolute atomic E-state index is 0.0907. The van der Waals surface area contributed by atoms with Gasteiger partial charge in [-0.1, -0.05) is 30.3 Å². The van der Waals surface area contributed by atoms with Gasteiger partial charge in [-0.15, -0.1) is 0 Å². The van der Waals surface area contributed by atoms with Crippen molar-refractivity contribution in [3.63, 3.8) is 0 Å². The van der Waals surface area contributed by atoms with Gasteiger partial charge in [0.05, 0.1) is 6.54 Å². The van der Waals surface area contributed by atoms with Crippen molar-refractivity contribution in [1.82, 2.24) is 16.0 Å². The van der Waals surface area contributed by atoms with Crippen molar-refractivity contribution in [2.45, 2.75) is 51.7 Å². The maximum Gasteiger partial charge on any atom is 0.243 e. The molecule has 0 aromatic heterocycles. The van der Waals surface area contributed by atoms with E-state index < -0.39 is 23.9 Å². The van der Waals surface area contributed by atoms with Crippen LogP contribution < -0.4 is 21.7 Å². The first-order chi connectivity index (χ1) is 11.6. The van der Waals surface area contributed by atoms with E-state index in [1.807, 2.05) is 51.1 Å². The van der Waals surface area contributed by atoms with Crippen LogP contribution in [0.1, 0.15) is 33.3 Å². The molecule has 0 aliphatic heterocycles. The minimum Gasteiger partial charge on any atom is -0.368 e. The lowest BCUT2D eigenvalue weighted by Crippen LogP contribution is -2.54. The first-order valence-electron chi connectivity index (χ1n) is 8.26. The van der Waals surface area contributed by atoms with Gasteiger partial charge in [0.25, 0.3) is 0 Å². The molecule has 0 spiro atoms. The van der Waals surface area contributed by atoms with Gasteiger partial charge in [0.15, 0.2) is 0 Å². The second-order valence-corrected chi connectivity index (χ2v) is 7.05. The third kappa shape index (κ3) is 8.30. The predicted octanol–water partition coefficient (Wildman–Crippen LogP) is 0.0920. The lowest BCUT2D eigenvalue weighted by Gasteiger charge is -2.23. The summed E-state index contributed by atoms with van der Waals surface area (Å²) in [5, 5.41) is 8.32. The van der Waals surface area contributed by atoms with Crippen LogP contribution in [0.4, 0.5) is 0 Å². The molecule has 0 bridgehead atoms. The average Bonchev–Trinajstić information content (AvgIpc) is 2.52. The third-order valence-corrected chi connectivity index (χ3v) is 3.50. The second kappa shape index (κ2) is 9.17. The van der Waals surface area contributed by atoms with Gasteiger partial charge in [-0.05, 0) is 33.3 Å². The number of carbonyl (C=O) groups is 3. The molecule has 0 aliphatic rings. The summed E-state index contributed by atoms with van der Waals surface area (Å²) in [6.07, 6.45) is 0.319. The van der Waals surface area contributed by atoms with Crippen LogP contribution in [-0.4, -0.2) is 41.9 Å². The van der Waals surface area contributed by atoms with Crippen LogP contribution in [0.25, 0.3) is 0 Å². The number of hydrogen-bond donors (Lipinski definition) is 4. The summed E-state index contributed by atoms with van der Waals surface area (Å²) in [7, 11) is 0. The SMILES string of the molecule is C[C@H](NC(=O)[C@H](Cc1ccccc1)NC(=O)CNC(C)(C)C)C(N)=O. The normalized spacial score (nSPS) is 13.6. The molecule has 1 aromatic carbocycles. The van der Waals surface area contributed by atoms with Crippen LogP contribution in [0.2, 0.25) is 0 Å². The van der Waals surface area contributed by atoms with E-state index >= 15 is 0 Å². The van der Waals surface area contributed by atoms with E-state index in [1.165, 1.54) is 6.92 Å². The van der Waals surface area contributed by atoms with Crippen LogP contribution in [0, 0.1) is 0 Å². The van der Waals surface area contributed by atoms with Gasteiger partial charge in [0.1, 0.15) is 12.1 Å². The molecule has 0 fully saturated rings. The number of nitrogens with one attached hydrogen (secondary N) is 3. The lowest BCUT2D eigenvalue weighted by molar-refractivity contribution is -0.130. The molecule has 1 aromatic rings. The first kappa shape index (κ1) is 20.6. The summed E-state index contributed by atoms with van der Waals surface area (Å²) in [6.45, 7) is 7.44. The minimum atomic E-state index is -0.810. The third-order valence-electron chi connectivity index (χ3n) is 3.50. The van der Waals surface area contributed by atoms with E-state index in [4.69, 9.17) is 5.73 Å². The molecule has 5 N–H and O–H groups in total. The van der Waals surface area contributed by atoms with Gasteiger partial charge in [-0.2, -0.15) is 0 Å². The maximum atomic E-state index is 12.4. The summed E-state index contributed by atoms with van der Waals surface area (Å²) in [5.74, 6) is -1.37. The molecule has 0 saturated carbocycles. The Morgan fingerprint density at radius 2 is 1.68 bits per heavy atom. The van der Waals surface area contributed by atoms with E-state index in [0.717, 1.165) is 5.56 Å². The Morgan fingerprint density at radius 3 is 2.20 bits per heavy atom. The number of rotatable bonds is 8. The molecular formula is C18H28N4O3. The molecule has 7 heteroatoms. The first-order valence-corrected chi connectivity index (χ1v) is 8.26. The number of carbonyl (C=O) groups excluding carboxylic acids is 3. The molecule has 0 saturated heterocycles. The van der Waals surface area contributed by atoms with Crippen LogP contribution >= 0.6 is 0 Å². The van der Waals surface area contributed by atoms with Crippen molar-refractivity contribution in [3.05, 3.63) is 35.9 Å². The molecule has 25 heavy (non-hydrogen) atoms. The second-order valence-electron chi connectivity index (χ2n) is 7.05. The fourth-order valence-electron chi connectivity index (χ4n) is 2.03. The average molecular weight is 348 g/mol. The fraction of sp³-hybridized carbons (Fsp3) is 0.500. The molecule has 2 atom stereocenters. The van der Waals surface area contributed by atoms with Crippen molar-refractivity contribution in [1.29, 1.82) is 0 Å². The van der Waals surface area contributed by atoms with Gasteiger partial charge >= 0.3 is 0 Å². The fourth-order valence-corrected chi connectivity index (χ4v) is 2.03. The van der Waals surface area contributed by atoms with Crippen LogP contribution in [0.3, 0.4) is 0 Å². The highest BCUT2D eigenvalue weighted by molar-refractivity contribution is 5.91. The van der Waals surface area contributed by atoms with Crippen molar-refractivity contribution in [2.75, 3.05) is 6.54 Å². The van der Waals surface area contributed by atoms with E-state index in [2.05, 4.69) is 16.0 Å². The number of nitrogens with two attached hydrogens (primary N) is 1. The zero-order valence-electron chi connectivity index (χ0n) is 15.3. The van der Waals surface area contributed by atoms with Crippen LogP contribution in [-0.2, 0) is 20.8 Å². The smallest absolute Gasteiger partial charge is 0.243 e. The Labute approximate surface area is 148 Å². The molecule has 7 nitrogen and oxygen atoms in total. The molecule has 0 aliphatic carbocycles. The number of primary amides is 1. The highest BCUT2D eigenvalue weighted by atomic mass is 16.2. The van der Waals surface area contributed by atoms with Gasteiger partial charge in [-0.3, -0.25) is 14.4 Å². The number of hydrogen-bond acceptors (Lipinski definition) is 4. The molecule has 1 rings (SSSR count). The maximum absolute atomic E-state index is 12.4. The highest BCUT2D eigenvalue weighted by Gasteiger charge is 2.24. The Bertz CT molecular complexity index is 596. The monoisotopic (exact) mass is 348 g/mol. The van der Waals surface area contributed by atoms with Crippen LogP contribution in [0.5, 0.6) is 0 Å². The van der Waals surface area contributed by atoms with Crippen molar-refractivity contribution in [2.24, 2.45) is 5.73 Å². The standard InChI is InChI=1S/C18H28N4O3/c1-12(16(19)24)21-17(25)14(10-13-8-6-5-7-9-13)22-15(23)11-20-18(2,3)4/h5-9,12,14,20H,10-11H2,1-4H3,(H2,19,24)(H,21,25)(H,22,23)/t12-,14-/m0/s1. The summed E-state index contributed by atoms with van der Waals surface area (Å²) in [6, 6.07) is 7.74. The zero-order valence-corrected chi connectivity index (χ0v) is 15.3. The van der Waals surface area contributed by atoms with Gasteiger partial charge in [0.2, 0.25) is 17.7 Å². The highest BCUT2D eigenvalue weighted by Crippen LogP contribution is 2.04. The van der Waals surface area contributed by atoms with Crippen molar-refractivity contribution >= 4 is 17.7 Å². The predicted molar refractivity (Wildman–Crippen MR) is 96.6 cm³/mol. The Kier molecular flexibility index (Phi) is 7.57. The topological polar surface area (TPSA) is 113 Å². The number of amides is 3. The largest absolute Gasteiger partial charge is 0.368 e. The van der Waals surface area contributed by atoms with Crippen LogP contribution in [0.15, 0.2) is 30.3 Å². The number of benzene rings is 1. The van der Waals surface area contributed by atoms with Gasteiger partial charge in [0, 0.05) is 12.0 Å². The molecule has 0 unspecified atom stereocenters. The molecule has 0 heterocycles. The van der Waals surface area contributed by atoms with E-state index in [0.29, 0.717) is 6.42 Å². The van der Waals surface area contributed by atoms with Crippen molar-refractivity contribution in [3.8, 4) is 0 Å². The molecule has 138 valence electrons. The summed E-state index contributed by atoms with van der Waals surface area (Å²) >= 11 is 0. The van der Waals surface area contributed by atoms with E-state index in [-0.39, 0.29) is 18.0 Å². The lowest BCUT2D eigenvalue weighted by atomic mass is 10.0. The molecule has 3 amide bonds. The summed E-state index contributed by atoms with van der Waals surface area (Å²) in [5.41, 5.74) is 5.87. The summed E-state index contributed by atoms with van der Waals surface area (Å²) < 4.78 is 0. The molecular weight excluding hydrogens is 320 g/mol. The Balaban J connectivity index is 2.78. The molecule has 0 radical (unpaired) electrons. The Hall–Kier alpha value is -2.41.